The Morgan fingerprint density at radius 1 is 1.03 bits per heavy atom. The van der Waals surface area contributed by atoms with E-state index < -0.39 is 6.09 Å². The zero-order valence-electron chi connectivity index (χ0n) is 20.8. The van der Waals surface area contributed by atoms with Crippen molar-refractivity contribution in [3.8, 4) is 11.5 Å². The number of carbonyl (C=O) groups excluding carboxylic acids is 2. The van der Waals surface area contributed by atoms with E-state index in [2.05, 4.69) is 43.4 Å². The molecular formula is C29H30N2O4. The quantitative estimate of drug-likeness (QED) is 0.492. The zero-order valence-corrected chi connectivity index (χ0v) is 20.8. The van der Waals surface area contributed by atoms with E-state index in [1.54, 1.807) is 27.3 Å². The maximum atomic E-state index is 13.6. The van der Waals surface area contributed by atoms with Crippen LogP contribution in [0.25, 0.3) is 16.3 Å². The molecule has 35 heavy (non-hydrogen) atoms. The molecule has 180 valence electrons. The van der Waals surface area contributed by atoms with Crippen LogP contribution in [0, 0.1) is 5.41 Å². The van der Waals surface area contributed by atoms with Crippen LogP contribution in [0.3, 0.4) is 0 Å². The molecular weight excluding hydrogens is 440 g/mol. The molecule has 5 rings (SSSR count). The van der Waals surface area contributed by atoms with E-state index >= 15 is 0 Å². The van der Waals surface area contributed by atoms with Gasteiger partial charge in [0.1, 0.15) is 0 Å². The fourth-order valence-corrected chi connectivity index (χ4v) is 5.22. The Morgan fingerprint density at radius 2 is 1.80 bits per heavy atom. The molecule has 0 radical (unpaired) electrons. The lowest BCUT2D eigenvalue weighted by Gasteiger charge is -2.40. The molecule has 6 nitrogen and oxygen atoms in total. The van der Waals surface area contributed by atoms with Crippen molar-refractivity contribution in [2.45, 2.75) is 32.7 Å². The summed E-state index contributed by atoms with van der Waals surface area (Å²) in [5.41, 5.74) is 4.83. The van der Waals surface area contributed by atoms with E-state index in [1.807, 2.05) is 24.3 Å². The minimum atomic E-state index is -0.484. The van der Waals surface area contributed by atoms with Crippen LogP contribution in [-0.4, -0.2) is 38.0 Å². The number of amides is 1. The average molecular weight is 471 g/mol. The molecule has 1 heterocycles. The van der Waals surface area contributed by atoms with E-state index in [0.29, 0.717) is 17.9 Å². The molecule has 0 saturated heterocycles. The number of benzene rings is 3. The van der Waals surface area contributed by atoms with Gasteiger partial charge in [0.15, 0.2) is 17.3 Å². The summed E-state index contributed by atoms with van der Waals surface area (Å²) in [6.07, 6.45) is 0.838. The van der Waals surface area contributed by atoms with Crippen LogP contribution in [0.5, 0.6) is 11.5 Å². The highest BCUT2D eigenvalue weighted by molar-refractivity contribution is 6.12. The number of methoxy groups -OCH3 is 1. The Hall–Kier alpha value is -3.80. The van der Waals surface area contributed by atoms with Gasteiger partial charge in [0.2, 0.25) is 0 Å². The van der Waals surface area contributed by atoms with Crippen LogP contribution < -0.4 is 14.8 Å². The van der Waals surface area contributed by atoms with Gasteiger partial charge in [0.25, 0.3) is 0 Å². The summed E-state index contributed by atoms with van der Waals surface area (Å²) in [5, 5.41) is 5.95. The van der Waals surface area contributed by atoms with Gasteiger partial charge < -0.3 is 19.7 Å². The first-order valence-electron chi connectivity index (χ1n) is 11.8. The molecule has 0 spiro atoms. The molecule has 6 heteroatoms. The number of nitrogens with zero attached hydrogens (tertiary/aromatic N) is 1. The molecule has 1 amide bonds. The fourth-order valence-electron chi connectivity index (χ4n) is 5.22. The third-order valence-electron chi connectivity index (χ3n) is 6.82. The molecule has 1 aliphatic carbocycles. The van der Waals surface area contributed by atoms with E-state index in [9.17, 15) is 9.59 Å². The van der Waals surface area contributed by atoms with Crippen LogP contribution >= 0.6 is 0 Å². The van der Waals surface area contributed by atoms with E-state index in [4.69, 9.17) is 9.47 Å². The summed E-state index contributed by atoms with van der Waals surface area (Å²) >= 11 is 0. The lowest BCUT2D eigenvalue weighted by Crippen LogP contribution is -2.33. The van der Waals surface area contributed by atoms with Crippen LogP contribution in [0.15, 0.2) is 60.2 Å². The van der Waals surface area contributed by atoms with Crippen molar-refractivity contribution in [1.29, 1.82) is 0 Å². The Bertz CT molecular complexity index is 1390. The van der Waals surface area contributed by atoms with Gasteiger partial charge in [0.05, 0.1) is 13.2 Å². The highest BCUT2D eigenvalue weighted by atomic mass is 16.6. The van der Waals surface area contributed by atoms with Gasteiger partial charge in [-0.2, -0.15) is 0 Å². The molecule has 0 aromatic heterocycles. The fraction of sp³-hybridized carbons (Fsp3) is 0.310. The molecule has 0 bridgehead atoms. The number of Topliss-reactive ketones (excluding diaryl/α,β-unsaturated/α-hetero) is 1. The van der Waals surface area contributed by atoms with Crippen molar-refractivity contribution in [2.75, 3.05) is 26.5 Å². The van der Waals surface area contributed by atoms with E-state index in [1.165, 1.54) is 4.90 Å². The van der Waals surface area contributed by atoms with Gasteiger partial charge in [-0.1, -0.05) is 50.2 Å². The molecule has 1 aliphatic heterocycles. The Labute approximate surface area is 205 Å². The minimum absolute atomic E-state index is 0.117. The minimum Gasteiger partial charge on any atom is -0.493 e. The third kappa shape index (κ3) is 4.03. The maximum Gasteiger partial charge on any atom is 0.414 e. The van der Waals surface area contributed by atoms with Crippen molar-refractivity contribution in [2.24, 2.45) is 5.41 Å². The Kier molecular flexibility index (Phi) is 5.55. The number of fused-ring (bicyclic) bond motifs is 4. The number of ketones is 1. The monoisotopic (exact) mass is 470 g/mol. The summed E-state index contributed by atoms with van der Waals surface area (Å²) in [7, 11) is 4.79. The predicted octanol–water partition coefficient (Wildman–Crippen LogP) is 6.22. The number of allylic oxidation sites excluding steroid dienone is 1. The summed E-state index contributed by atoms with van der Waals surface area (Å²) in [6, 6.07) is 17.7. The first-order chi connectivity index (χ1) is 16.7. The second-order valence-electron chi connectivity index (χ2n) is 10.3. The van der Waals surface area contributed by atoms with E-state index in [-0.39, 0.29) is 17.2 Å². The summed E-state index contributed by atoms with van der Waals surface area (Å²) in [6.45, 7) is 4.32. The first-order valence-corrected chi connectivity index (χ1v) is 11.8. The van der Waals surface area contributed by atoms with Crippen molar-refractivity contribution in [1.82, 2.24) is 4.90 Å². The molecule has 1 N–H and O–H groups in total. The smallest absolute Gasteiger partial charge is 0.414 e. The highest BCUT2D eigenvalue weighted by Gasteiger charge is 2.41. The largest absolute Gasteiger partial charge is 0.493 e. The first kappa shape index (κ1) is 23.0. The Balaban J connectivity index is 1.66. The number of rotatable bonds is 3. The summed E-state index contributed by atoms with van der Waals surface area (Å²) in [5.74, 6) is 0.937. The number of ether oxygens (including phenoxy) is 2. The maximum absolute atomic E-state index is 13.6. The third-order valence-corrected chi connectivity index (χ3v) is 6.82. The summed E-state index contributed by atoms with van der Waals surface area (Å²) in [4.78, 5) is 27.1. The number of hydrogen-bond acceptors (Lipinski definition) is 5. The number of nitrogens with one attached hydrogen (secondary N) is 1. The van der Waals surface area contributed by atoms with Gasteiger partial charge in [-0.05, 0) is 51.9 Å². The molecule has 0 fully saturated rings. The Morgan fingerprint density at radius 3 is 2.54 bits per heavy atom. The normalized spacial score (nSPS) is 18.4. The highest BCUT2D eigenvalue weighted by Crippen LogP contribution is 2.52. The van der Waals surface area contributed by atoms with Gasteiger partial charge in [0, 0.05) is 37.3 Å². The van der Waals surface area contributed by atoms with Crippen LogP contribution in [0.4, 0.5) is 10.5 Å². The van der Waals surface area contributed by atoms with Crippen LogP contribution in [0.2, 0.25) is 0 Å². The van der Waals surface area contributed by atoms with Crippen molar-refractivity contribution >= 4 is 33.9 Å². The lowest BCUT2D eigenvalue weighted by atomic mass is 9.68. The van der Waals surface area contributed by atoms with Crippen molar-refractivity contribution < 1.29 is 19.1 Å². The topological polar surface area (TPSA) is 67.9 Å². The van der Waals surface area contributed by atoms with Crippen LogP contribution in [0.1, 0.15) is 43.9 Å². The second-order valence-corrected chi connectivity index (χ2v) is 10.3. The lowest BCUT2D eigenvalue weighted by molar-refractivity contribution is -0.118. The number of anilines is 1. The van der Waals surface area contributed by atoms with Crippen molar-refractivity contribution in [3.05, 3.63) is 71.3 Å². The standard InChI is InChI=1S/C29H30N2O4/c1-29(2)15-20-25-19-9-7-6-8-17(19)10-12-21(25)30-27(26(20)22(32)16-29)18-11-13-23(24(14-18)34-5)35-28(33)31(3)4/h6-14,27,30H,15-16H2,1-5H3/t27-/m0/s1. The number of carbonyl (C=O) groups is 2. The van der Waals surface area contributed by atoms with E-state index in [0.717, 1.165) is 45.2 Å². The van der Waals surface area contributed by atoms with Gasteiger partial charge >= 0.3 is 6.09 Å². The molecule has 0 saturated carbocycles. The van der Waals surface area contributed by atoms with Gasteiger partial charge in [-0.15, -0.1) is 0 Å². The number of hydrogen-bond donors (Lipinski definition) is 1. The molecule has 3 aromatic carbocycles. The summed E-state index contributed by atoms with van der Waals surface area (Å²) < 4.78 is 11.0. The van der Waals surface area contributed by atoms with Crippen molar-refractivity contribution in [3.63, 3.8) is 0 Å². The molecule has 1 atom stereocenters. The predicted molar refractivity (Wildman–Crippen MR) is 138 cm³/mol. The molecule has 2 aliphatic rings. The van der Waals surface area contributed by atoms with Crippen LogP contribution in [-0.2, 0) is 4.79 Å². The molecule has 3 aromatic rings. The second kappa shape index (κ2) is 8.45. The van der Waals surface area contributed by atoms with Gasteiger partial charge in [-0.25, -0.2) is 4.79 Å². The molecule has 0 unspecified atom stereocenters. The average Bonchev–Trinajstić information content (AvgIpc) is 2.82. The zero-order chi connectivity index (χ0) is 24.9. The SMILES string of the molecule is COc1cc([C@@H]2Nc3ccc4ccccc4c3C3=C2C(=O)CC(C)(C)C3)ccc1OC(=O)N(C)C. The van der Waals surface area contributed by atoms with Gasteiger partial charge in [-0.3, -0.25) is 4.79 Å².